The number of aromatic nitrogens is 5. The van der Waals surface area contributed by atoms with Crippen LogP contribution < -0.4 is 11.2 Å². The van der Waals surface area contributed by atoms with Crippen LogP contribution in [-0.4, -0.2) is 28.8 Å². The van der Waals surface area contributed by atoms with Crippen molar-refractivity contribution in [1.82, 2.24) is 23.9 Å². The first-order chi connectivity index (χ1) is 15.4. The molecule has 0 aliphatic carbocycles. The standard InChI is InChI=1S/C21H18N6O5/c1-24-11-16(10-23-24)2-3-18-19(27(30)31)20(28)26(13-17-6-9-32-14-17)21(29)25(18)12-15-4-7-22-8-5-15/h2-11,14H,12-13H2,1H3/b3-2+. The lowest BCUT2D eigenvalue weighted by atomic mass is 10.2. The van der Waals surface area contributed by atoms with Crippen LogP contribution in [0.4, 0.5) is 5.69 Å². The van der Waals surface area contributed by atoms with Crippen molar-refractivity contribution in [2.75, 3.05) is 0 Å². The van der Waals surface area contributed by atoms with E-state index in [1.54, 1.807) is 60.8 Å². The number of aryl methyl sites for hydroxylation is 1. The Bertz CT molecular complexity index is 1400. The second-order valence-corrected chi connectivity index (χ2v) is 7.02. The zero-order valence-corrected chi connectivity index (χ0v) is 17.0. The highest BCUT2D eigenvalue weighted by molar-refractivity contribution is 5.71. The third kappa shape index (κ3) is 4.17. The maximum Gasteiger partial charge on any atom is 0.357 e. The minimum absolute atomic E-state index is 0.0145. The Morgan fingerprint density at radius 3 is 2.47 bits per heavy atom. The van der Waals surface area contributed by atoms with Crippen LogP contribution in [-0.2, 0) is 20.1 Å². The summed E-state index contributed by atoms with van der Waals surface area (Å²) in [5, 5.41) is 16.0. The van der Waals surface area contributed by atoms with E-state index in [-0.39, 0.29) is 18.8 Å². The second kappa shape index (κ2) is 8.68. The number of nitrogens with zero attached hydrogens (tertiary/aromatic N) is 6. The fourth-order valence-corrected chi connectivity index (χ4v) is 3.27. The van der Waals surface area contributed by atoms with Gasteiger partial charge in [-0.1, -0.05) is 0 Å². The molecule has 162 valence electrons. The topological polar surface area (TPSA) is 131 Å². The zero-order valence-electron chi connectivity index (χ0n) is 17.0. The molecule has 0 saturated heterocycles. The highest BCUT2D eigenvalue weighted by Crippen LogP contribution is 2.17. The van der Waals surface area contributed by atoms with Crippen molar-refractivity contribution in [3.8, 4) is 0 Å². The summed E-state index contributed by atoms with van der Waals surface area (Å²) in [6.45, 7) is -0.140. The molecule has 32 heavy (non-hydrogen) atoms. The van der Waals surface area contributed by atoms with E-state index in [9.17, 15) is 19.7 Å². The summed E-state index contributed by atoms with van der Waals surface area (Å²) in [5.41, 5.74) is -0.570. The van der Waals surface area contributed by atoms with Crippen molar-refractivity contribution >= 4 is 17.8 Å². The minimum atomic E-state index is -0.988. The normalized spacial score (nSPS) is 11.3. The van der Waals surface area contributed by atoms with E-state index in [4.69, 9.17) is 4.42 Å². The van der Waals surface area contributed by atoms with Gasteiger partial charge in [0.2, 0.25) is 0 Å². The van der Waals surface area contributed by atoms with Crippen LogP contribution in [0.15, 0.2) is 69.5 Å². The number of hydrogen-bond donors (Lipinski definition) is 0. The fraction of sp³-hybridized carbons (Fsp3) is 0.143. The SMILES string of the molecule is Cn1cc(/C=C/c2c([N+](=O)[O-])c(=O)n(Cc3ccoc3)c(=O)n2Cc2ccncc2)cn1. The average Bonchev–Trinajstić information content (AvgIpc) is 3.44. The first-order valence-corrected chi connectivity index (χ1v) is 9.53. The van der Waals surface area contributed by atoms with Gasteiger partial charge in [-0.05, 0) is 35.9 Å². The highest BCUT2D eigenvalue weighted by Gasteiger charge is 2.26. The highest BCUT2D eigenvalue weighted by atomic mass is 16.6. The summed E-state index contributed by atoms with van der Waals surface area (Å²) in [5.74, 6) is 0. The lowest BCUT2D eigenvalue weighted by Crippen LogP contribution is -2.42. The third-order valence-electron chi connectivity index (χ3n) is 4.79. The molecule has 0 saturated carbocycles. The lowest BCUT2D eigenvalue weighted by molar-refractivity contribution is -0.387. The zero-order chi connectivity index (χ0) is 22.7. The number of furan rings is 1. The summed E-state index contributed by atoms with van der Waals surface area (Å²) >= 11 is 0. The van der Waals surface area contributed by atoms with Gasteiger partial charge >= 0.3 is 16.9 Å². The number of nitro groups is 1. The van der Waals surface area contributed by atoms with E-state index in [1.807, 2.05) is 0 Å². The Labute approximate surface area is 180 Å². The molecule has 0 aromatic carbocycles. The molecule has 4 aromatic rings. The largest absolute Gasteiger partial charge is 0.472 e. The second-order valence-electron chi connectivity index (χ2n) is 7.02. The molecule has 4 heterocycles. The summed E-state index contributed by atoms with van der Waals surface area (Å²) in [6.07, 6.45) is 12.1. The van der Waals surface area contributed by atoms with Crippen LogP contribution in [0.3, 0.4) is 0 Å². The van der Waals surface area contributed by atoms with Crippen LogP contribution in [0.25, 0.3) is 12.2 Å². The molecule has 0 amide bonds. The van der Waals surface area contributed by atoms with E-state index in [1.165, 1.54) is 23.2 Å². The Hall–Kier alpha value is -4.54. The summed E-state index contributed by atoms with van der Waals surface area (Å²) in [4.78, 5) is 41.5. The first-order valence-electron chi connectivity index (χ1n) is 9.53. The van der Waals surface area contributed by atoms with Gasteiger partial charge in [-0.25, -0.2) is 9.36 Å². The molecule has 0 aliphatic heterocycles. The van der Waals surface area contributed by atoms with Crippen LogP contribution in [0.5, 0.6) is 0 Å². The molecular weight excluding hydrogens is 416 g/mol. The van der Waals surface area contributed by atoms with Crippen molar-refractivity contribution in [1.29, 1.82) is 0 Å². The Kier molecular flexibility index (Phi) is 5.62. The third-order valence-corrected chi connectivity index (χ3v) is 4.79. The Morgan fingerprint density at radius 2 is 1.84 bits per heavy atom. The van der Waals surface area contributed by atoms with E-state index in [2.05, 4.69) is 10.1 Å². The smallest absolute Gasteiger partial charge is 0.357 e. The van der Waals surface area contributed by atoms with Gasteiger partial charge in [0.25, 0.3) is 0 Å². The molecule has 0 atom stereocenters. The van der Waals surface area contributed by atoms with Gasteiger partial charge in [0.05, 0.1) is 36.7 Å². The number of pyridine rings is 1. The minimum Gasteiger partial charge on any atom is -0.472 e. The monoisotopic (exact) mass is 434 g/mol. The van der Waals surface area contributed by atoms with Gasteiger partial charge in [-0.3, -0.25) is 29.1 Å². The Morgan fingerprint density at radius 1 is 1.09 bits per heavy atom. The van der Waals surface area contributed by atoms with Crippen LogP contribution in [0.2, 0.25) is 0 Å². The first kappa shape index (κ1) is 20.7. The predicted molar refractivity (Wildman–Crippen MR) is 115 cm³/mol. The van der Waals surface area contributed by atoms with Crippen molar-refractivity contribution < 1.29 is 9.34 Å². The van der Waals surface area contributed by atoms with Crippen LogP contribution in [0.1, 0.15) is 22.4 Å². The van der Waals surface area contributed by atoms with Gasteiger partial charge in [0.15, 0.2) is 0 Å². The molecule has 11 nitrogen and oxygen atoms in total. The molecule has 4 rings (SSSR count). The molecule has 0 radical (unpaired) electrons. The number of rotatable bonds is 7. The molecule has 11 heteroatoms. The predicted octanol–water partition coefficient (Wildman–Crippen LogP) is 1.91. The van der Waals surface area contributed by atoms with E-state index in [0.29, 0.717) is 16.7 Å². The van der Waals surface area contributed by atoms with Gasteiger partial charge in [-0.15, -0.1) is 0 Å². The molecular formula is C21H18N6O5. The van der Waals surface area contributed by atoms with Crippen LogP contribution in [0, 0.1) is 10.1 Å². The fourth-order valence-electron chi connectivity index (χ4n) is 3.27. The molecule has 0 N–H and O–H groups in total. The van der Waals surface area contributed by atoms with Crippen molar-refractivity contribution in [2.45, 2.75) is 13.1 Å². The molecule has 0 aliphatic rings. The maximum atomic E-state index is 13.3. The summed E-state index contributed by atoms with van der Waals surface area (Å²) in [7, 11) is 1.73. The summed E-state index contributed by atoms with van der Waals surface area (Å²) < 4.78 is 8.62. The van der Waals surface area contributed by atoms with E-state index >= 15 is 0 Å². The quantitative estimate of drug-likeness (QED) is 0.321. The van der Waals surface area contributed by atoms with Gasteiger partial charge in [-0.2, -0.15) is 5.10 Å². The van der Waals surface area contributed by atoms with E-state index < -0.39 is 21.9 Å². The van der Waals surface area contributed by atoms with Gasteiger partial charge < -0.3 is 4.42 Å². The lowest BCUT2D eigenvalue weighted by Gasteiger charge is -2.14. The van der Waals surface area contributed by atoms with Gasteiger partial charge in [0.1, 0.15) is 5.69 Å². The van der Waals surface area contributed by atoms with Crippen LogP contribution >= 0.6 is 0 Å². The Balaban J connectivity index is 1.94. The van der Waals surface area contributed by atoms with Crippen molar-refractivity contribution in [3.05, 3.63) is 109 Å². The maximum absolute atomic E-state index is 13.3. The van der Waals surface area contributed by atoms with Crippen molar-refractivity contribution in [2.24, 2.45) is 7.05 Å². The molecule has 0 bridgehead atoms. The average molecular weight is 434 g/mol. The van der Waals surface area contributed by atoms with Gasteiger partial charge in [0, 0.05) is 36.8 Å². The molecule has 0 spiro atoms. The number of hydrogen-bond acceptors (Lipinski definition) is 7. The molecule has 0 fully saturated rings. The van der Waals surface area contributed by atoms with Crippen molar-refractivity contribution in [3.63, 3.8) is 0 Å². The van der Waals surface area contributed by atoms with E-state index in [0.717, 1.165) is 4.57 Å². The summed E-state index contributed by atoms with van der Waals surface area (Å²) in [6, 6.07) is 4.97. The molecule has 4 aromatic heterocycles. The molecule has 0 unspecified atom stereocenters.